The SMILES string of the molecule is COC(=O)Cc1c(Br)ccnc1C(F)(F)F. The van der Waals surface area contributed by atoms with E-state index < -0.39 is 24.3 Å². The summed E-state index contributed by atoms with van der Waals surface area (Å²) >= 11 is 2.95. The van der Waals surface area contributed by atoms with Crippen LogP contribution in [0.5, 0.6) is 0 Å². The van der Waals surface area contributed by atoms with E-state index in [2.05, 4.69) is 25.7 Å². The number of carbonyl (C=O) groups excluding carboxylic acids is 1. The van der Waals surface area contributed by atoms with Crippen molar-refractivity contribution in [1.29, 1.82) is 0 Å². The molecular weight excluding hydrogens is 291 g/mol. The fraction of sp³-hybridized carbons (Fsp3) is 0.333. The Morgan fingerprint density at radius 1 is 1.56 bits per heavy atom. The Labute approximate surface area is 97.8 Å². The second kappa shape index (κ2) is 4.82. The Morgan fingerprint density at radius 2 is 2.19 bits per heavy atom. The highest BCUT2D eigenvalue weighted by atomic mass is 79.9. The minimum atomic E-state index is -4.59. The van der Waals surface area contributed by atoms with Gasteiger partial charge in [0.15, 0.2) is 0 Å². The molecule has 16 heavy (non-hydrogen) atoms. The molecule has 0 fully saturated rings. The van der Waals surface area contributed by atoms with E-state index >= 15 is 0 Å². The average Bonchev–Trinajstić information content (AvgIpc) is 2.19. The van der Waals surface area contributed by atoms with E-state index in [1.807, 2.05) is 0 Å². The highest BCUT2D eigenvalue weighted by molar-refractivity contribution is 9.10. The fourth-order valence-corrected chi connectivity index (χ4v) is 1.54. The first-order valence-electron chi connectivity index (χ1n) is 4.13. The van der Waals surface area contributed by atoms with Gasteiger partial charge in [0.1, 0.15) is 5.69 Å². The van der Waals surface area contributed by atoms with Crippen molar-refractivity contribution in [3.05, 3.63) is 28.0 Å². The minimum absolute atomic E-state index is 0.181. The lowest BCUT2D eigenvalue weighted by Crippen LogP contribution is -2.15. The van der Waals surface area contributed by atoms with E-state index in [0.29, 0.717) is 0 Å². The van der Waals surface area contributed by atoms with E-state index in [9.17, 15) is 18.0 Å². The van der Waals surface area contributed by atoms with Gasteiger partial charge in [-0.1, -0.05) is 15.9 Å². The van der Waals surface area contributed by atoms with Crippen LogP contribution in [0.3, 0.4) is 0 Å². The number of methoxy groups -OCH3 is 1. The van der Waals surface area contributed by atoms with Crippen LogP contribution in [-0.4, -0.2) is 18.1 Å². The van der Waals surface area contributed by atoms with Crippen molar-refractivity contribution in [1.82, 2.24) is 4.98 Å². The van der Waals surface area contributed by atoms with Gasteiger partial charge < -0.3 is 4.74 Å². The molecule has 3 nitrogen and oxygen atoms in total. The van der Waals surface area contributed by atoms with Crippen molar-refractivity contribution in [3.63, 3.8) is 0 Å². The number of rotatable bonds is 2. The largest absolute Gasteiger partial charge is 0.469 e. The van der Waals surface area contributed by atoms with Crippen LogP contribution in [0.25, 0.3) is 0 Å². The molecule has 0 unspecified atom stereocenters. The fourth-order valence-electron chi connectivity index (χ4n) is 1.10. The summed E-state index contributed by atoms with van der Waals surface area (Å²) in [4.78, 5) is 14.2. The number of hydrogen-bond acceptors (Lipinski definition) is 3. The molecule has 0 saturated heterocycles. The summed E-state index contributed by atoms with van der Waals surface area (Å²) in [6.45, 7) is 0. The first-order chi connectivity index (χ1) is 7.36. The molecule has 88 valence electrons. The lowest BCUT2D eigenvalue weighted by molar-refractivity contribution is -0.143. The van der Waals surface area contributed by atoms with Gasteiger partial charge in [-0.2, -0.15) is 13.2 Å². The third-order valence-electron chi connectivity index (χ3n) is 1.82. The summed E-state index contributed by atoms with van der Waals surface area (Å²) in [5.41, 5.74) is -1.30. The van der Waals surface area contributed by atoms with Crippen molar-refractivity contribution >= 4 is 21.9 Å². The molecule has 0 N–H and O–H groups in total. The lowest BCUT2D eigenvalue weighted by atomic mass is 10.1. The molecule has 1 rings (SSSR count). The van der Waals surface area contributed by atoms with Crippen LogP contribution < -0.4 is 0 Å². The quantitative estimate of drug-likeness (QED) is 0.788. The molecule has 0 aliphatic rings. The predicted molar refractivity (Wildman–Crippen MR) is 52.7 cm³/mol. The van der Waals surface area contributed by atoms with Crippen LogP contribution >= 0.6 is 15.9 Å². The van der Waals surface area contributed by atoms with Gasteiger partial charge in [0.25, 0.3) is 0 Å². The number of esters is 1. The van der Waals surface area contributed by atoms with E-state index in [-0.39, 0.29) is 10.0 Å². The first kappa shape index (κ1) is 13.0. The number of nitrogens with zero attached hydrogens (tertiary/aromatic N) is 1. The summed E-state index contributed by atoms with van der Waals surface area (Å²) in [7, 11) is 1.11. The molecular formula is C9H7BrF3NO2. The summed E-state index contributed by atoms with van der Waals surface area (Å²) < 4.78 is 42.1. The van der Waals surface area contributed by atoms with Crippen LogP contribution in [0.15, 0.2) is 16.7 Å². The Hall–Kier alpha value is -1.11. The topological polar surface area (TPSA) is 39.2 Å². The molecule has 0 saturated carbocycles. The van der Waals surface area contributed by atoms with Gasteiger partial charge in [-0.05, 0) is 6.07 Å². The summed E-state index contributed by atoms with van der Waals surface area (Å²) in [6.07, 6.45) is -4.04. The second-order valence-electron chi connectivity index (χ2n) is 2.87. The Bertz CT molecular complexity index is 406. The van der Waals surface area contributed by atoms with Crippen LogP contribution in [-0.2, 0) is 22.1 Å². The normalized spacial score (nSPS) is 11.3. The van der Waals surface area contributed by atoms with E-state index in [1.165, 1.54) is 6.07 Å². The van der Waals surface area contributed by atoms with Crippen LogP contribution in [0.2, 0.25) is 0 Å². The molecule has 1 heterocycles. The molecule has 1 aromatic rings. The maximum Gasteiger partial charge on any atom is 0.433 e. The molecule has 0 atom stereocenters. The smallest absolute Gasteiger partial charge is 0.433 e. The third kappa shape index (κ3) is 2.94. The van der Waals surface area contributed by atoms with Crippen molar-refractivity contribution in [3.8, 4) is 0 Å². The van der Waals surface area contributed by atoms with Gasteiger partial charge in [-0.15, -0.1) is 0 Å². The van der Waals surface area contributed by atoms with Crippen molar-refractivity contribution in [2.24, 2.45) is 0 Å². The van der Waals surface area contributed by atoms with Crippen LogP contribution in [0.1, 0.15) is 11.3 Å². The number of hydrogen-bond donors (Lipinski definition) is 0. The first-order valence-corrected chi connectivity index (χ1v) is 4.93. The molecule has 0 amide bonds. The van der Waals surface area contributed by atoms with E-state index in [1.54, 1.807) is 0 Å². The van der Waals surface area contributed by atoms with Crippen LogP contribution in [0, 0.1) is 0 Å². The zero-order valence-corrected chi connectivity index (χ0v) is 9.72. The molecule has 0 spiro atoms. The van der Waals surface area contributed by atoms with Gasteiger partial charge >= 0.3 is 12.1 Å². The number of pyridine rings is 1. The molecule has 1 aromatic heterocycles. The highest BCUT2D eigenvalue weighted by Gasteiger charge is 2.36. The standard InChI is InChI=1S/C9H7BrF3NO2/c1-16-7(15)4-5-6(10)2-3-14-8(5)9(11,12)13/h2-3H,4H2,1H3. The van der Waals surface area contributed by atoms with Crippen molar-refractivity contribution in [2.45, 2.75) is 12.6 Å². The minimum Gasteiger partial charge on any atom is -0.469 e. The zero-order valence-electron chi connectivity index (χ0n) is 8.14. The van der Waals surface area contributed by atoms with Crippen LogP contribution in [0.4, 0.5) is 13.2 Å². The van der Waals surface area contributed by atoms with Gasteiger partial charge in [0.05, 0.1) is 13.5 Å². The molecule has 0 radical (unpaired) electrons. The zero-order chi connectivity index (χ0) is 12.3. The van der Waals surface area contributed by atoms with Gasteiger partial charge in [0, 0.05) is 16.2 Å². The predicted octanol–water partition coefficient (Wildman–Crippen LogP) is 2.58. The number of halogens is 4. The molecule has 7 heteroatoms. The average molecular weight is 298 g/mol. The van der Waals surface area contributed by atoms with E-state index in [0.717, 1.165) is 13.3 Å². The molecule has 0 aliphatic heterocycles. The number of carbonyl (C=O) groups is 1. The summed E-state index contributed by atoms with van der Waals surface area (Å²) in [5, 5.41) is 0. The number of aromatic nitrogens is 1. The highest BCUT2D eigenvalue weighted by Crippen LogP contribution is 2.33. The Kier molecular flexibility index (Phi) is 3.90. The summed E-state index contributed by atoms with van der Waals surface area (Å²) in [6, 6.07) is 1.34. The Balaban J connectivity index is 3.19. The second-order valence-corrected chi connectivity index (χ2v) is 3.72. The number of alkyl halides is 3. The molecule has 0 bridgehead atoms. The monoisotopic (exact) mass is 297 g/mol. The van der Waals surface area contributed by atoms with Crippen molar-refractivity contribution < 1.29 is 22.7 Å². The number of ether oxygens (including phenoxy) is 1. The van der Waals surface area contributed by atoms with Gasteiger partial charge in [-0.3, -0.25) is 9.78 Å². The molecule has 0 aliphatic carbocycles. The van der Waals surface area contributed by atoms with Gasteiger partial charge in [-0.25, -0.2) is 0 Å². The van der Waals surface area contributed by atoms with E-state index in [4.69, 9.17) is 0 Å². The lowest BCUT2D eigenvalue weighted by Gasteiger charge is -2.12. The Morgan fingerprint density at radius 3 is 2.69 bits per heavy atom. The third-order valence-corrected chi connectivity index (χ3v) is 2.56. The molecule has 0 aromatic carbocycles. The van der Waals surface area contributed by atoms with Crippen molar-refractivity contribution in [2.75, 3.05) is 7.11 Å². The summed E-state index contributed by atoms with van der Waals surface area (Å²) in [5.74, 6) is -0.751. The maximum absolute atomic E-state index is 12.5. The maximum atomic E-state index is 12.5. The van der Waals surface area contributed by atoms with Gasteiger partial charge in [0.2, 0.25) is 0 Å².